The molecule has 0 spiro atoms. The molecule has 0 saturated carbocycles. The lowest BCUT2D eigenvalue weighted by Crippen LogP contribution is -2.04. The van der Waals surface area contributed by atoms with Gasteiger partial charge in [0.05, 0.1) is 18.3 Å². The quantitative estimate of drug-likeness (QED) is 0.844. The van der Waals surface area contributed by atoms with E-state index in [9.17, 15) is 9.50 Å². The summed E-state index contributed by atoms with van der Waals surface area (Å²) in [7, 11) is 0. The van der Waals surface area contributed by atoms with Crippen molar-refractivity contribution in [2.75, 3.05) is 0 Å². The number of hydrogen-bond donors (Lipinski definition) is 1. The first-order valence-corrected chi connectivity index (χ1v) is 6.50. The van der Waals surface area contributed by atoms with Gasteiger partial charge in [0.1, 0.15) is 5.82 Å². The Bertz CT molecular complexity index is 516. The second-order valence-electron chi connectivity index (χ2n) is 3.88. The minimum atomic E-state index is -0.516. The van der Waals surface area contributed by atoms with Crippen molar-refractivity contribution in [1.29, 1.82) is 0 Å². The SMILES string of the molecule is CC(O)Cc1nc(CSc2ccccc2F)no1. The lowest BCUT2D eigenvalue weighted by atomic mass is 10.3. The molecule has 1 aromatic carbocycles. The van der Waals surface area contributed by atoms with Gasteiger partial charge >= 0.3 is 0 Å². The van der Waals surface area contributed by atoms with Gasteiger partial charge in [-0.2, -0.15) is 4.98 Å². The van der Waals surface area contributed by atoms with E-state index in [1.807, 2.05) is 0 Å². The number of benzene rings is 1. The van der Waals surface area contributed by atoms with Gasteiger partial charge in [-0.1, -0.05) is 17.3 Å². The van der Waals surface area contributed by atoms with Gasteiger partial charge in [-0.25, -0.2) is 4.39 Å². The van der Waals surface area contributed by atoms with Gasteiger partial charge in [0.15, 0.2) is 5.82 Å². The maximum absolute atomic E-state index is 13.4. The molecule has 1 unspecified atom stereocenters. The van der Waals surface area contributed by atoms with E-state index in [1.54, 1.807) is 25.1 Å². The van der Waals surface area contributed by atoms with E-state index in [0.29, 0.717) is 28.8 Å². The molecule has 1 aromatic heterocycles. The first-order valence-electron chi connectivity index (χ1n) is 5.52. The predicted molar refractivity (Wildman–Crippen MR) is 65.6 cm³/mol. The fourth-order valence-corrected chi connectivity index (χ4v) is 2.17. The molecule has 0 aliphatic carbocycles. The molecule has 6 heteroatoms. The predicted octanol–water partition coefficient (Wildman–Crippen LogP) is 2.42. The number of halogens is 1. The van der Waals surface area contributed by atoms with E-state index in [0.717, 1.165) is 0 Å². The van der Waals surface area contributed by atoms with Gasteiger partial charge in [-0.05, 0) is 19.1 Å². The summed E-state index contributed by atoms with van der Waals surface area (Å²) in [5, 5.41) is 13.0. The fraction of sp³-hybridized carbons (Fsp3) is 0.333. The van der Waals surface area contributed by atoms with Crippen LogP contribution in [0, 0.1) is 5.82 Å². The summed E-state index contributed by atoms with van der Waals surface area (Å²) in [6.07, 6.45) is -0.185. The van der Waals surface area contributed by atoms with Crippen LogP contribution in [0.25, 0.3) is 0 Å². The Morgan fingerprint density at radius 1 is 1.44 bits per heavy atom. The van der Waals surface area contributed by atoms with E-state index in [1.165, 1.54) is 17.8 Å². The maximum Gasteiger partial charge on any atom is 0.229 e. The largest absolute Gasteiger partial charge is 0.393 e. The molecule has 0 bridgehead atoms. The normalized spacial score (nSPS) is 12.6. The van der Waals surface area contributed by atoms with Crippen LogP contribution in [0.4, 0.5) is 4.39 Å². The molecule has 18 heavy (non-hydrogen) atoms. The summed E-state index contributed by atoms with van der Waals surface area (Å²) in [4.78, 5) is 4.67. The average molecular weight is 268 g/mol. The van der Waals surface area contributed by atoms with Crippen LogP contribution in [0.5, 0.6) is 0 Å². The Balaban J connectivity index is 1.94. The van der Waals surface area contributed by atoms with Crippen LogP contribution in [-0.4, -0.2) is 21.4 Å². The van der Waals surface area contributed by atoms with Gasteiger partial charge in [0, 0.05) is 4.90 Å². The van der Waals surface area contributed by atoms with E-state index in [4.69, 9.17) is 4.52 Å². The summed E-state index contributed by atoms with van der Waals surface area (Å²) < 4.78 is 18.3. The highest BCUT2D eigenvalue weighted by Gasteiger charge is 2.10. The van der Waals surface area contributed by atoms with Crippen LogP contribution in [0.15, 0.2) is 33.7 Å². The van der Waals surface area contributed by atoms with Crippen LogP contribution in [0.2, 0.25) is 0 Å². The number of aliphatic hydroxyl groups is 1. The van der Waals surface area contributed by atoms with Gasteiger partial charge < -0.3 is 9.63 Å². The summed E-state index contributed by atoms with van der Waals surface area (Å²) in [5.41, 5.74) is 0. The van der Waals surface area contributed by atoms with Gasteiger partial charge in [0.2, 0.25) is 5.89 Å². The molecular formula is C12H13FN2O2S. The molecule has 4 nitrogen and oxygen atoms in total. The lowest BCUT2D eigenvalue weighted by Gasteiger charge is -1.99. The molecule has 96 valence electrons. The molecule has 2 rings (SSSR count). The minimum absolute atomic E-state index is 0.254. The third-order valence-corrected chi connectivity index (χ3v) is 3.22. The highest BCUT2D eigenvalue weighted by molar-refractivity contribution is 7.98. The number of rotatable bonds is 5. The summed E-state index contributed by atoms with van der Waals surface area (Å²) in [6.45, 7) is 1.65. The first-order chi connectivity index (χ1) is 8.65. The van der Waals surface area contributed by atoms with E-state index < -0.39 is 6.10 Å². The van der Waals surface area contributed by atoms with Crippen molar-refractivity contribution < 1.29 is 14.0 Å². The Morgan fingerprint density at radius 3 is 2.94 bits per heavy atom. The third-order valence-electron chi connectivity index (χ3n) is 2.17. The highest BCUT2D eigenvalue weighted by Crippen LogP contribution is 2.24. The van der Waals surface area contributed by atoms with Crippen molar-refractivity contribution in [2.45, 2.75) is 30.1 Å². The molecule has 0 radical (unpaired) electrons. The van der Waals surface area contributed by atoms with Crippen molar-refractivity contribution >= 4 is 11.8 Å². The summed E-state index contributed by atoms with van der Waals surface area (Å²) >= 11 is 1.31. The van der Waals surface area contributed by atoms with Crippen LogP contribution in [-0.2, 0) is 12.2 Å². The Labute approximate surface area is 108 Å². The van der Waals surface area contributed by atoms with Crippen molar-refractivity contribution in [1.82, 2.24) is 10.1 Å². The molecule has 1 heterocycles. The van der Waals surface area contributed by atoms with Gasteiger partial charge in [-0.3, -0.25) is 0 Å². The topological polar surface area (TPSA) is 59.2 Å². The number of nitrogens with zero attached hydrogens (tertiary/aromatic N) is 2. The zero-order valence-corrected chi connectivity index (χ0v) is 10.7. The van der Waals surface area contributed by atoms with Crippen LogP contribution in [0.1, 0.15) is 18.6 Å². The van der Waals surface area contributed by atoms with Crippen LogP contribution < -0.4 is 0 Å². The number of aromatic nitrogens is 2. The maximum atomic E-state index is 13.4. The Kier molecular flexibility index (Phi) is 4.33. The Morgan fingerprint density at radius 2 is 2.22 bits per heavy atom. The average Bonchev–Trinajstić information content (AvgIpc) is 2.75. The molecule has 0 aliphatic heterocycles. The molecule has 1 N–H and O–H groups in total. The molecule has 2 aromatic rings. The van der Waals surface area contributed by atoms with Crippen molar-refractivity contribution in [3.63, 3.8) is 0 Å². The molecule has 0 saturated heterocycles. The third kappa shape index (κ3) is 3.54. The Hall–Kier alpha value is -1.40. The highest BCUT2D eigenvalue weighted by atomic mass is 32.2. The molecule has 1 atom stereocenters. The summed E-state index contributed by atoms with van der Waals surface area (Å²) in [5.74, 6) is 1.08. The van der Waals surface area contributed by atoms with Crippen molar-refractivity contribution in [3.8, 4) is 0 Å². The van der Waals surface area contributed by atoms with E-state index in [-0.39, 0.29) is 5.82 Å². The standard InChI is InChI=1S/C12H13FN2O2S/c1-8(16)6-12-14-11(15-17-12)7-18-10-5-3-2-4-9(10)13/h2-5,8,16H,6-7H2,1H3. The summed E-state index contributed by atoms with van der Waals surface area (Å²) in [6, 6.07) is 6.54. The molecule has 0 aliphatic rings. The number of thioether (sulfide) groups is 1. The van der Waals surface area contributed by atoms with Gasteiger partial charge in [0.25, 0.3) is 0 Å². The number of hydrogen-bond acceptors (Lipinski definition) is 5. The van der Waals surface area contributed by atoms with E-state index >= 15 is 0 Å². The zero-order chi connectivity index (χ0) is 13.0. The second kappa shape index (κ2) is 5.97. The molecule has 0 fully saturated rings. The van der Waals surface area contributed by atoms with Crippen LogP contribution >= 0.6 is 11.8 Å². The van der Waals surface area contributed by atoms with Gasteiger partial charge in [-0.15, -0.1) is 11.8 Å². The van der Waals surface area contributed by atoms with Crippen molar-refractivity contribution in [2.24, 2.45) is 0 Å². The first kappa shape index (κ1) is 13.0. The van der Waals surface area contributed by atoms with Crippen LogP contribution in [0.3, 0.4) is 0 Å². The minimum Gasteiger partial charge on any atom is -0.393 e. The second-order valence-corrected chi connectivity index (χ2v) is 4.89. The lowest BCUT2D eigenvalue weighted by molar-refractivity contribution is 0.181. The fourth-order valence-electron chi connectivity index (χ4n) is 1.39. The zero-order valence-electron chi connectivity index (χ0n) is 9.84. The molecular weight excluding hydrogens is 255 g/mol. The number of aliphatic hydroxyl groups excluding tert-OH is 1. The van der Waals surface area contributed by atoms with E-state index in [2.05, 4.69) is 10.1 Å². The van der Waals surface area contributed by atoms with Crippen molar-refractivity contribution in [3.05, 3.63) is 41.8 Å². The molecule has 0 amide bonds. The monoisotopic (exact) mass is 268 g/mol. The smallest absolute Gasteiger partial charge is 0.229 e.